The molecule has 1 saturated heterocycles. The van der Waals surface area contributed by atoms with Crippen molar-refractivity contribution in [2.75, 3.05) is 33.4 Å². The molecule has 1 aromatic carbocycles. The third-order valence-corrected chi connectivity index (χ3v) is 5.48. The highest BCUT2D eigenvalue weighted by Crippen LogP contribution is 2.29. The first-order valence-electron chi connectivity index (χ1n) is 10.3. The molecule has 0 aliphatic carbocycles. The van der Waals surface area contributed by atoms with Gasteiger partial charge in [0.15, 0.2) is 5.69 Å². The molecule has 3 aromatic rings. The number of hydrogen-bond donors (Lipinski definition) is 1. The fourth-order valence-electron chi connectivity index (χ4n) is 3.96. The van der Waals surface area contributed by atoms with Crippen LogP contribution in [0.1, 0.15) is 46.3 Å². The smallest absolute Gasteiger partial charge is 0.275 e. The van der Waals surface area contributed by atoms with Crippen LogP contribution in [0.3, 0.4) is 0 Å². The van der Waals surface area contributed by atoms with Gasteiger partial charge in [-0.05, 0) is 25.8 Å². The standard InChI is InChI=1S/C22H27N5O3/c1-15-23-12-17(14-30-11-10-29-2)20(24-15)16-6-5-9-27(13-16)22(28)21-18-7-3-4-8-19(18)25-26-21/h3-4,7-8,12,16H,5-6,9-11,13-14H2,1-2H3,(H,25,26). The number of para-hydroxylation sites is 1. The molecule has 1 aliphatic heterocycles. The molecule has 0 saturated carbocycles. The maximum atomic E-state index is 13.2. The van der Waals surface area contributed by atoms with Crippen molar-refractivity contribution in [2.24, 2.45) is 0 Å². The number of ether oxygens (including phenoxy) is 2. The molecule has 4 rings (SSSR count). The van der Waals surface area contributed by atoms with Crippen LogP contribution >= 0.6 is 0 Å². The number of methoxy groups -OCH3 is 1. The minimum Gasteiger partial charge on any atom is -0.382 e. The number of fused-ring (bicyclic) bond motifs is 1. The molecule has 0 spiro atoms. The molecule has 1 unspecified atom stereocenters. The Morgan fingerprint density at radius 3 is 3.03 bits per heavy atom. The molecule has 1 atom stereocenters. The summed E-state index contributed by atoms with van der Waals surface area (Å²) in [4.78, 5) is 24.2. The zero-order valence-corrected chi connectivity index (χ0v) is 17.4. The van der Waals surface area contributed by atoms with E-state index in [-0.39, 0.29) is 11.8 Å². The van der Waals surface area contributed by atoms with Crippen molar-refractivity contribution in [2.45, 2.75) is 32.3 Å². The number of nitrogens with one attached hydrogen (secondary N) is 1. The number of rotatable bonds is 7. The summed E-state index contributed by atoms with van der Waals surface area (Å²) in [6.45, 7) is 4.73. The van der Waals surface area contributed by atoms with Crippen molar-refractivity contribution in [3.05, 3.63) is 53.2 Å². The number of H-pyrrole nitrogens is 1. The van der Waals surface area contributed by atoms with Crippen LogP contribution in [0, 0.1) is 6.92 Å². The van der Waals surface area contributed by atoms with Gasteiger partial charge in [-0.3, -0.25) is 9.89 Å². The summed E-state index contributed by atoms with van der Waals surface area (Å²) in [5.74, 6) is 0.837. The topological polar surface area (TPSA) is 93.2 Å². The Kier molecular flexibility index (Phi) is 6.35. The van der Waals surface area contributed by atoms with E-state index >= 15 is 0 Å². The van der Waals surface area contributed by atoms with E-state index in [4.69, 9.17) is 14.5 Å². The minimum absolute atomic E-state index is 0.0409. The molecule has 158 valence electrons. The van der Waals surface area contributed by atoms with Crippen LogP contribution in [0.4, 0.5) is 0 Å². The van der Waals surface area contributed by atoms with Crippen LogP contribution in [0.15, 0.2) is 30.5 Å². The fourth-order valence-corrected chi connectivity index (χ4v) is 3.96. The van der Waals surface area contributed by atoms with Crippen LogP contribution in [0.2, 0.25) is 0 Å². The molecular weight excluding hydrogens is 382 g/mol. The number of amides is 1. The predicted octanol–water partition coefficient (Wildman–Crippen LogP) is 2.84. The van der Waals surface area contributed by atoms with Crippen molar-refractivity contribution in [3.8, 4) is 0 Å². The monoisotopic (exact) mass is 409 g/mol. The van der Waals surface area contributed by atoms with Crippen LogP contribution < -0.4 is 0 Å². The Balaban J connectivity index is 1.52. The Morgan fingerprint density at radius 2 is 2.17 bits per heavy atom. The lowest BCUT2D eigenvalue weighted by Crippen LogP contribution is -2.40. The predicted molar refractivity (Wildman–Crippen MR) is 112 cm³/mol. The van der Waals surface area contributed by atoms with Gasteiger partial charge in [-0.1, -0.05) is 18.2 Å². The average Bonchev–Trinajstić information content (AvgIpc) is 3.21. The highest BCUT2D eigenvalue weighted by molar-refractivity contribution is 6.04. The van der Waals surface area contributed by atoms with E-state index in [2.05, 4.69) is 15.2 Å². The van der Waals surface area contributed by atoms with Crippen molar-refractivity contribution in [1.82, 2.24) is 25.1 Å². The first kappa shape index (κ1) is 20.4. The van der Waals surface area contributed by atoms with Crippen LogP contribution in [0.5, 0.6) is 0 Å². The third kappa shape index (κ3) is 4.34. The summed E-state index contributed by atoms with van der Waals surface area (Å²) in [7, 11) is 1.65. The van der Waals surface area contributed by atoms with Gasteiger partial charge < -0.3 is 14.4 Å². The van der Waals surface area contributed by atoms with E-state index in [1.54, 1.807) is 7.11 Å². The van der Waals surface area contributed by atoms with Crippen molar-refractivity contribution >= 4 is 16.8 Å². The number of hydrogen-bond acceptors (Lipinski definition) is 6. The maximum Gasteiger partial charge on any atom is 0.275 e. The molecule has 1 aliphatic rings. The first-order chi connectivity index (χ1) is 14.7. The summed E-state index contributed by atoms with van der Waals surface area (Å²) in [6, 6.07) is 7.71. The van der Waals surface area contributed by atoms with Gasteiger partial charge in [0, 0.05) is 43.3 Å². The molecule has 3 heterocycles. The molecule has 0 bridgehead atoms. The number of aromatic nitrogens is 4. The second-order valence-electron chi connectivity index (χ2n) is 7.58. The number of carbonyl (C=O) groups is 1. The zero-order chi connectivity index (χ0) is 20.9. The Hall–Kier alpha value is -2.84. The van der Waals surface area contributed by atoms with Gasteiger partial charge in [0.25, 0.3) is 5.91 Å². The van der Waals surface area contributed by atoms with Crippen LogP contribution in [-0.2, 0) is 16.1 Å². The third-order valence-electron chi connectivity index (χ3n) is 5.48. The molecule has 2 aromatic heterocycles. The molecule has 0 radical (unpaired) electrons. The average molecular weight is 409 g/mol. The number of nitrogens with zero attached hydrogens (tertiary/aromatic N) is 4. The second-order valence-corrected chi connectivity index (χ2v) is 7.58. The summed E-state index contributed by atoms with van der Waals surface area (Å²) >= 11 is 0. The van der Waals surface area contributed by atoms with Gasteiger partial charge in [-0.2, -0.15) is 5.10 Å². The van der Waals surface area contributed by atoms with Crippen molar-refractivity contribution < 1.29 is 14.3 Å². The van der Waals surface area contributed by atoms with Crippen LogP contribution in [-0.4, -0.2) is 64.4 Å². The lowest BCUT2D eigenvalue weighted by Gasteiger charge is -2.33. The second kappa shape index (κ2) is 9.32. The number of carbonyl (C=O) groups excluding carboxylic acids is 1. The fraction of sp³-hybridized carbons (Fsp3) is 0.455. The van der Waals surface area contributed by atoms with Gasteiger partial charge >= 0.3 is 0 Å². The quantitative estimate of drug-likeness (QED) is 0.603. The summed E-state index contributed by atoms with van der Waals surface area (Å²) < 4.78 is 10.8. The molecule has 8 heteroatoms. The molecule has 1 N–H and O–H groups in total. The van der Waals surface area contributed by atoms with E-state index in [1.807, 2.05) is 42.3 Å². The van der Waals surface area contributed by atoms with E-state index in [1.165, 1.54) is 0 Å². The normalized spacial score (nSPS) is 16.9. The number of aromatic amines is 1. The molecule has 1 fully saturated rings. The van der Waals surface area contributed by atoms with Gasteiger partial charge in [0.1, 0.15) is 5.82 Å². The number of piperidine rings is 1. The molecule has 1 amide bonds. The summed E-state index contributed by atoms with van der Waals surface area (Å²) in [5, 5.41) is 8.10. The van der Waals surface area contributed by atoms with Gasteiger partial charge in [0.2, 0.25) is 0 Å². The largest absolute Gasteiger partial charge is 0.382 e. The maximum absolute atomic E-state index is 13.2. The Bertz CT molecular complexity index is 1020. The Morgan fingerprint density at radius 1 is 1.30 bits per heavy atom. The van der Waals surface area contributed by atoms with Gasteiger partial charge in [0.05, 0.1) is 31.0 Å². The SMILES string of the molecule is COCCOCc1cnc(C)nc1C1CCCN(C(=O)c2n[nH]c3ccccc23)C1. The lowest BCUT2D eigenvalue weighted by atomic mass is 9.91. The first-order valence-corrected chi connectivity index (χ1v) is 10.3. The molecule has 8 nitrogen and oxygen atoms in total. The highest BCUT2D eigenvalue weighted by Gasteiger charge is 2.29. The summed E-state index contributed by atoms with van der Waals surface area (Å²) in [6.07, 6.45) is 3.74. The highest BCUT2D eigenvalue weighted by atomic mass is 16.5. The van der Waals surface area contributed by atoms with E-state index < -0.39 is 0 Å². The van der Waals surface area contributed by atoms with Gasteiger partial charge in [-0.15, -0.1) is 0 Å². The number of benzene rings is 1. The van der Waals surface area contributed by atoms with E-state index in [0.29, 0.717) is 32.1 Å². The molecular formula is C22H27N5O3. The lowest BCUT2D eigenvalue weighted by molar-refractivity contribution is 0.0602. The van der Waals surface area contributed by atoms with E-state index in [9.17, 15) is 4.79 Å². The minimum atomic E-state index is -0.0409. The van der Waals surface area contributed by atoms with Crippen molar-refractivity contribution in [3.63, 3.8) is 0 Å². The number of aryl methyl sites for hydroxylation is 1. The van der Waals surface area contributed by atoms with E-state index in [0.717, 1.165) is 47.4 Å². The van der Waals surface area contributed by atoms with Gasteiger partial charge in [-0.25, -0.2) is 9.97 Å². The molecule has 30 heavy (non-hydrogen) atoms. The number of likely N-dealkylation sites (tertiary alicyclic amines) is 1. The zero-order valence-electron chi connectivity index (χ0n) is 17.4. The Labute approximate surface area is 175 Å². The summed E-state index contributed by atoms with van der Waals surface area (Å²) in [5.41, 5.74) is 3.30. The van der Waals surface area contributed by atoms with Crippen LogP contribution in [0.25, 0.3) is 10.9 Å². The van der Waals surface area contributed by atoms with Crippen molar-refractivity contribution in [1.29, 1.82) is 0 Å².